The maximum atomic E-state index is 11.8. The number of rotatable bonds is 4. The fourth-order valence-corrected chi connectivity index (χ4v) is 1.12. The lowest BCUT2D eigenvalue weighted by Crippen LogP contribution is -2.00. The Morgan fingerprint density at radius 1 is 1.14 bits per heavy atom. The van der Waals surface area contributed by atoms with Gasteiger partial charge in [-0.3, -0.25) is 4.79 Å². The minimum atomic E-state index is -0.0273. The van der Waals surface area contributed by atoms with Gasteiger partial charge in [0.2, 0.25) is 0 Å². The van der Waals surface area contributed by atoms with Crippen molar-refractivity contribution in [3.8, 4) is 0 Å². The normalized spacial score (nSPS) is 10.7. The Kier molecular flexibility index (Phi) is 3.62. The van der Waals surface area contributed by atoms with Crippen LogP contribution >= 0.6 is 0 Å². The van der Waals surface area contributed by atoms with Gasteiger partial charge in [-0.15, -0.1) is 0 Å². The molecular weight excluding hydrogens is 172 g/mol. The maximum absolute atomic E-state index is 11.8. The predicted molar refractivity (Wildman–Crippen MR) is 59.2 cm³/mol. The highest BCUT2D eigenvalue weighted by molar-refractivity contribution is 6.10. The highest BCUT2D eigenvalue weighted by Crippen LogP contribution is 2.08. The summed E-state index contributed by atoms with van der Waals surface area (Å²) in [6, 6.07) is 9.11. The van der Waals surface area contributed by atoms with Gasteiger partial charge >= 0.3 is 0 Å². The Balaban J connectivity index is 3.01. The lowest BCUT2D eigenvalue weighted by Gasteiger charge is -1.99. The quantitative estimate of drug-likeness (QED) is 0.399. The standard InChI is InChI=1S/C13H12O/c1-3-8-11(4-2)13(14)12-9-6-5-7-10-12/h3-10H,1-2H2/b11-8+. The smallest absolute Gasteiger partial charge is 0.192 e. The van der Waals surface area contributed by atoms with E-state index < -0.39 is 0 Å². The number of benzene rings is 1. The molecule has 1 nitrogen and oxygen atoms in total. The van der Waals surface area contributed by atoms with Crippen LogP contribution in [-0.4, -0.2) is 5.78 Å². The molecule has 0 bridgehead atoms. The Hall–Kier alpha value is -1.89. The van der Waals surface area contributed by atoms with E-state index in [0.29, 0.717) is 11.1 Å². The first-order valence-corrected chi connectivity index (χ1v) is 4.34. The zero-order valence-corrected chi connectivity index (χ0v) is 7.94. The van der Waals surface area contributed by atoms with Gasteiger partial charge in [-0.25, -0.2) is 0 Å². The lowest BCUT2D eigenvalue weighted by molar-refractivity contribution is 0.103. The van der Waals surface area contributed by atoms with Crippen molar-refractivity contribution in [2.75, 3.05) is 0 Å². The van der Waals surface area contributed by atoms with Crippen LogP contribution in [0.15, 0.2) is 67.3 Å². The molecule has 1 heteroatoms. The van der Waals surface area contributed by atoms with Crippen LogP contribution in [0.2, 0.25) is 0 Å². The summed E-state index contributed by atoms with van der Waals surface area (Å²) < 4.78 is 0. The van der Waals surface area contributed by atoms with Crippen molar-refractivity contribution in [2.45, 2.75) is 0 Å². The molecule has 0 atom stereocenters. The second-order valence-corrected chi connectivity index (χ2v) is 2.76. The third-order valence-corrected chi connectivity index (χ3v) is 1.82. The first-order valence-electron chi connectivity index (χ1n) is 4.34. The molecular formula is C13H12O. The molecule has 0 spiro atoms. The van der Waals surface area contributed by atoms with Crippen LogP contribution in [0.25, 0.3) is 0 Å². The van der Waals surface area contributed by atoms with Crippen molar-refractivity contribution in [1.29, 1.82) is 0 Å². The van der Waals surface area contributed by atoms with Crippen molar-refractivity contribution in [3.63, 3.8) is 0 Å². The van der Waals surface area contributed by atoms with Gasteiger partial charge in [-0.05, 0) is 0 Å². The fourth-order valence-electron chi connectivity index (χ4n) is 1.12. The molecule has 14 heavy (non-hydrogen) atoms. The Labute approximate surface area is 84.1 Å². The summed E-state index contributed by atoms with van der Waals surface area (Å²) >= 11 is 0. The summed E-state index contributed by atoms with van der Waals surface area (Å²) in [5, 5.41) is 0. The van der Waals surface area contributed by atoms with E-state index in [1.165, 1.54) is 6.08 Å². The summed E-state index contributed by atoms with van der Waals surface area (Å²) in [7, 11) is 0. The van der Waals surface area contributed by atoms with Crippen molar-refractivity contribution >= 4 is 5.78 Å². The van der Waals surface area contributed by atoms with E-state index in [9.17, 15) is 4.79 Å². The summed E-state index contributed by atoms with van der Waals surface area (Å²) in [5.41, 5.74) is 1.23. The van der Waals surface area contributed by atoms with Crippen LogP contribution in [0.5, 0.6) is 0 Å². The Bertz CT molecular complexity index is 371. The van der Waals surface area contributed by atoms with Gasteiger partial charge in [0.05, 0.1) is 0 Å². The highest BCUT2D eigenvalue weighted by atomic mass is 16.1. The topological polar surface area (TPSA) is 17.1 Å². The molecule has 0 fully saturated rings. The monoisotopic (exact) mass is 184 g/mol. The minimum Gasteiger partial charge on any atom is -0.289 e. The van der Waals surface area contributed by atoms with Crippen LogP contribution in [-0.2, 0) is 0 Å². The lowest BCUT2D eigenvalue weighted by atomic mass is 10.0. The van der Waals surface area contributed by atoms with E-state index in [0.717, 1.165) is 0 Å². The average Bonchev–Trinajstić information content (AvgIpc) is 2.26. The zero-order chi connectivity index (χ0) is 10.4. The Morgan fingerprint density at radius 3 is 2.29 bits per heavy atom. The van der Waals surface area contributed by atoms with Gasteiger partial charge in [-0.1, -0.05) is 61.7 Å². The van der Waals surface area contributed by atoms with E-state index in [2.05, 4.69) is 13.2 Å². The number of hydrogen-bond acceptors (Lipinski definition) is 1. The first kappa shape index (κ1) is 10.2. The molecule has 0 unspecified atom stereocenters. The number of hydrogen-bond donors (Lipinski definition) is 0. The molecule has 1 rings (SSSR count). The van der Waals surface area contributed by atoms with Crippen LogP contribution in [0.4, 0.5) is 0 Å². The number of Topliss-reactive ketones (excluding diaryl/α,β-unsaturated/α-hetero) is 1. The van der Waals surface area contributed by atoms with E-state index >= 15 is 0 Å². The molecule has 0 aliphatic carbocycles. The largest absolute Gasteiger partial charge is 0.289 e. The van der Waals surface area contributed by atoms with Gasteiger partial charge in [0.15, 0.2) is 5.78 Å². The summed E-state index contributed by atoms with van der Waals surface area (Å²) in [5.74, 6) is -0.0273. The average molecular weight is 184 g/mol. The van der Waals surface area contributed by atoms with Gasteiger partial charge < -0.3 is 0 Å². The highest BCUT2D eigenvalue weighted by Gasteiger charge is 2.06. The molecule has 0 aliphatic heterocycles. The van der Waals surface area contributed by atoms with Crippen LogP contribution < -0.4 is 0 Å². The van der Waals surface area contributed by atoms with E-state index in [1.807, 2.05) is 18.2 Å². The fraction of sp³-hybridized carbons (Fsp3) is 0. The second-order valence-electron chi connectivity index (χ2n) is 2.76. The number of allylic oxidation sites excluding steroid dienone is 4. The van der Waals surface area contributed by atoms with E-state index in [-0.39, 0.29) is 5.78 Å². The van der Waals surface area contributed by atoms with Gasteiger partial charge in [0.1, 0.15) is 0 Å². The predicted octanol–water partition coefficient (Wildman–Crippen LogP) is 3.17. The number of carbonyl (C=O) groups is 1. The van der Waals surface area contributed by atoms with Gasteiger partial charge in [0.25, 0.3) is 0 Å². The first-order chi connectivity index (χ1) is 6.79. The SMILES string of the molecule is C=C/C=C(\C=C)C(=O)c1ccccc1. The van der Waals surface area contributed by atoms with Crippen LogP contribution in [0.3, 0.4) is 0 Å². The Morgan fingerprint density at radius 2 is 1.79 bits per heavy atom. The summed E-state index contributed by atoms with van der Waals surface area (Å²) in [6.07, 6.45) is 4.78. The molecule has 0 radical (unpaired) electrons. The van der Waals surface area contributed by atoms with E-state index in [4.69, 9.17) is 0 Å². The molecule has 0 heterocycles. The van der Waals surface area contributed by atoms with Crippen LogP contribution in [0, 0.1) is 0 Å². The minimum absolute atomic E-state index is 0.0273. The van der Waals surface area contributed by atoms with E-state index in [1.54, 1.807) is 24.3 Å². The molecule has 70 valence electrons. The molecule has 0 aromatic heterocycles. The van der Waals surface area contributed by atoms with Crippen molar-refractivity contribution < 1.29 is 4.79 Å². The molecule has 0 amide bonds. The number of ketones is 1. The third kappa shape index (κ3) is 2.30. The summed E-state index contributed by atoms with van der Waals surface area (Å²) in [6.45, 7) is 7.14. The van der Waals surface area contributed by atoms with Gasteiger partial charge in [-0.2, -0.15) is 0 Å². The molecule has 0 N–H and O–H groups in total. The number of carbonyl (C=O) groups excluding carboxylic acids is 1. The van der Waals surface area contributed by atoms with Crippen molar-refractivity contribution in [3.05, 3.63) is 72.9 Å². The maximum Gasteiger partial charge on any atom is 0.192 e. The second kappa shape index (κ2) is 4.97. The molecule has 1 aromatic carbocycles. The molecule has 0 saturated carbocycles. The zero-order valence-electron chi connectivity index (χ0n) is 7.94. The third-order valence-electron chi connectivity index (χ3n) is 1.82. The van der Waals surface area contributed by atoms with Crippen LogP contribution in [0.1, 0.15) is 10.4 Å². The summed E-state index contributed by atoms with van der Waals surface area (Å²) in [4.78, 5) is 11.8. The van der Waals surface area contributed by atoms with Gasteiger partial charge in [0, 0.05) is 11.1 Å². The molecule has 1 aromatic rings. The molecule has 0 saturated heterocycles. The van der Waals surface area contributed by atoms with Crippen molar-refractivity contribution in [2.24, 2.45) is 0 Å². The molecule has 0 aliphatic rings. The van der Waals surface area contributed by atoms with Crippen molar-refractivity contribution in [1.82, 2.24) is 0 Å².